The van der Waals surface area contributed by atoms with Crippen LogP contribution in [0.4, 0.5) is 0 Å². The van der Waals surface area contributed by atoms with Crippen molar-refractivity contribution in [1.29, 1.82) is 0 Å². The van der Waals surface area contributed by atoms with E-state index in [4.69, 9.17) is 0 Å². The predicted molar refractivity (Wildman–Crippen MR) is 67.3 cm³/mol. The number of hydrogen-bond acceptors (Lipinski definition) is 3. The van der Waals surface area contributed by atoms with Gasteiger partial charge in [-0.1, -0.05) is 20.8 Å². The van der Waals surface area contributed by atoms with Crippen molar-refractivity contribution in [1.82, 2.24) is 0 Å². The summed E-state index contributed by atoms with van der Waals surface area (Å²) in [5.74, 6) is -1.96. The molecule has 3 rings (SSSR count). The minimum absolute atomic E-state index is 0.0551. The molecule has 104 valence electrons. The van der Waals surface area contributed by atoms with Crippen molar-refractivity contribution in [2.75, 3.05) is 0 Å². The van der Waals surface area contributed by atoms with Crippen LogP contribution in [0, 0.1) is 34.5 Å². The summed E-state index contributed by atoms with van der Waals surface area (Å²) >= 11 is 0. The van der Waals surface area contributed by atoms with Crippen LogP contribution >= 0.6 is 0 Å². The molecule has 3 aliphatic rings. The lowest BCUT2D eigenvalue weighted by Crippen LogP contribution is -2.43. The summed E-state index contributed by atoms with van der Waals surface area (Å²) in [4.78, 5) is 36.4. The Kier molecular flexibility index (Phi) is 2.34. The van der Waals surface area contributed by atoms with Gasteiger partial charge in [0.05, 0.1) is 5.92 Å². The molecule has 0 amide bonds. The molecule has 1 N–H and O–H groups in total. The zero-order chi connectivity index (χ0) is 14.2. The Hall–Kier alpha value is -1.19. The van der Waals surface area contributed by atoms with Crippen molar-refractivity contribution in [3.8, 4) is 0 Å². The van der Waals surface area contributed by atoms with E-state index in [9.17, 15) is 19.5 Å². The van der Waals surface area contributed by atoms with E-state index < -0.39 is 17.3 Å². The van der Waals surface area contributed by atoms with Crippen molar-refractivity contribution < 1.29 is 19.5 Å². The molecule has 4 heteroatoms. The highest BCUT2D eigenvalue weighted by molar-refractivity contribution is 6.02. The maximum atomic E-state index is 12.9. The Labute approximate surface area is 112 Å². The Morgan fingerprint density at radius 3 is 2.58 bits per heavy atom. The van der Waals surface area contributed by atoms with Crippen LogP contribution in [0.15, 0.2) is 0 Å². The van der Waals surface area contributed by atoms with Crippen LogP contribution in [-0.4, -0.2) is 22.6 Å². The molecule has 0 spiro atoms. The third-order valence-electron chi connectivity index (χ3n) is 6.50. The highest BCUT2D eigenvalue weighted by atomic mass is 16.4. The second kappa shape index (κ2) is 3.47. The van der Waals surface area contributed by atoms with Gasteiger partial charge in [-0.15, -0.1) is 0 Å². The second-order valence-electron chi connectivity index (χ2n) is 6.96. The number of ketones is 2. The van der Waals surface area contributed by atoms with Gasteiger partial charge in [-0.05, 0) is 24.2 Å². The highest BCUT2D eigenvalue weighted by Gasteiger charge is 2.75. The largest absolute Gasteiger partial charge is 0.481 e. The highest BCUT2D eigenvalue weighted by Crippen LogP contribution is 2.72. The van der Waals surface area contributed by atoms with Gasteiger partial charge < -0.3 is 5.11 Å². The van der Waals surface area contributed by atoms with Crippen molar-refractivity contribution in [2.45, 2.75) is 40.0 Å². The molecule has 4 bridgehead atoms. The Bertz CT molecular complexity index is 496. The number of carbonyl (C=O) groups is 3. The predicted octanol–water partition coefficient (Wildman–Crippen LogP) is 1.92. The first-order valence-corrected chi connectivity index (χ1v) is 7.06. The third kappa shape index (κ3) is 1.18. The first-order chi connectivity index (χ1) is 8.76. The lowest BCUT2D eigenvalue weighted by atomic mass is 9.62. The summed E-state index contributed by atoms with van der Waals surface area (Å²) in [6.45, 7) is 5.57. The van der Waals surface area contributed by atoms with E-state index in [0.29, 0.717) is 12.8 Å². The lowest BCUT2D eigenvalue weighted by Gasteiger charge is -2.40. The van der Waals surface area contributed by atoms with Crippen LogP contribution in [0.2, 0.25) is 0 Å². The molecule has 0 heterocycles. The van der Waals surface area contributed by atoms with E-state index in [0.717, 1.165) is 6.42 Å². The molecule has 19 heavy (non-hydrogen) atoms. The molecule has 3 aliphatic carbocycles. The fourth-order valence-electron chi connectivity index (χ4n) is 5.41. The Morgan fingerprint density at radius 1 is 1.37 bits per heavy atom. The van der Waals surface area contributed by atoms with Crippen LogP contribution in [0.1, 0.15) is 40.0 Å². The molecule has 0 unspecified atom stereocenters. The van der Waals surface area contributed by atoms with Gasteiger partial charge in [-0.25, -0.2) is 0 Å². The molecular weight excluding hydrogens is 244 g/mol. The van der Waals surface area contributed by atoms with Crippen LogP contribution < -0.4 is 0 Å². The van der Waals surface area contributed by atoms with Gasteiger partial charge in [0.25, 0.3) is 0 Å². The number of Topliss-reactive ketones (excluding diaryl/α,β-unsaturated/α-hetero) is 2. The van der Waals surface area contributed by atoms with Crippen LogP contribution in [0.3, 0.4) is 0 Å². The number of carbonyl (C=O) groups excluding carboxylic acids is 2. The van der Waals surface area contributed by atoms with E-state index in [1.807, 2.05) is 6.92 Å². The number of carboxylic acids is 1. The second-order valence-corrected chi connectivity index (χ2v) is 6.96. The Balaban J connectivity index is 2.16. The number of hydrogen-bond donors (Lipinski definition) is 1. The standard InChI is InChI=1S/C15H20O4/c1-7-9(16)6-10-14(3)4-5-15(10,8(2)13(18)19)12(17)11(7)14/h7-8,10-11H,4-6H2,1-3H3,(H,18,19)/t7-,8+,10+,11+,14-,15+/m1/s1. The number of aliphatic carboxylic acids is 1. The normalized spacial score (nSPS) is 49.5. The lowest BCUT2D eigenvalue weighted by molar-refractivity contribution is -0.152. The summed E-state index contributed by atoms with van der Waals surface area (Å²) < 4.78 is 0. The topological polar surface area (TPSA) is 71.4 Å². The quantitative estimate of drug-likeness (QED) is 0.827. The van der Waals surface area contributed by atoms with Crippen LogP contribution in [0.25, 0.3) is 0 Å². The van der Waals surface area contributed by atoms with Gasteiger partial charge in [0.2, 0.25) is 0 Å². The molecule has 0 aliphatic heterocycles. The summed E-state index contributed by atoms with van der Waals surface area (Å²) in [7, 11) is 0. The zero-order valence-electron chi connectivity index (χ0n) is 11.6. The maximum Gasteiger partial charge on any atom is 0.307 e. The fraction of sp³-hybridized carbons (Fsp3) is 0.800. The summed E-state index contributed by atoms with van der Waals surface area (Å²) in [6, 6.07) is 0. The van der Waals surface area contributed by atoms with Crippen molar-refractivity contribution in [2.24, 2.45) is 34.5 Å². The van der Waals surface area contributed by atoms with E-state index in [1.54, 1.807) is 6.92 Å². The van der Waals surface area contributed by atoms with Crippen LogP contribution in [0.5, 0.6) is 0 Å². The molecule has 6 atom stereocenters. The minimum atomic E-state index is -0.912. The summed E-state index contributed by atoms with van der Waals surface area (Å²) in [6.07, 6.45) is 1.90. The summed E-state index contributed by atoms with van der Waals surface area (Å²) in [5, 5.41) is 9.37. The van der Waals surface area contributed by atoms with Crippen molar-refractivity contribution >= 4 is 17.5 Å². The zero-order valence-corrected chi connectivity index (χ0v) is 11.6. The molecular formula is C15H20O4. The molecule has 0 aromatic rings. The first kappa shape index (κ1) is 12.8. The van der Waals surface area contributed by atoms with Gasteiger partial charge in [0.15, 0.2) is 0 Å². The summed E-state index contributed by atoms with van der Waals surface area (Å²) in [5.41, 5.74) is -0.945. The van der Waals surface area contributed by atoms with Gasteiger partial charge in [0.1, 0.15) is 11.6 Å². The van der Waals surface area contributed by atoms with E-state index in [2.05, 4.69) is 6.92 Å². The monoisotopic (exact) mass is 264 g/mol. The third-order valence-corrected chi connectivity index (χ3v) is 6.50. The molecule has 4 nitrogen and oxygen atoms in total. The SMILES string of the molecule is C[C@@H]1C(=O)C[C@H]2[C@@]3(C)CC[C@@]2([C@@H](C)C(=O)O)C(=O)[C@H]13. The van der Waals surface area contributed by atoms with Crippen molar-refractivity contribution in [3.05, 3.63) is 0 Å². The van der Waals surface area contributed by atoms with E-state index in [1.165, 1.54) is 0 Å². The van der Waals surface area contributed by atoms with Gasteiger partial charge in [-0.2, -0.15) is 0 Å². The van der Waals surface area contributed by atoms with Gasteiger partial charge >= 0.3 is 5.97 Å². The molecule has 0 saturated heterocycles. The van der Waals surface area contributed by atoms with Crippen molar-refractivity contribution in [3.63, 3.8) is 0 Å². The molecule has 3 fully saturated rings. The molecule has 0 aromatic heterocycles. The first-order valence-electron chi connectivity index (χ1n) is 7.06. The van der Waals surface area contributed by atoms with Gasteiger partial charge in [0, 0.05) is 23.7 Å². The van der Waals surface area contributed by atoms with E-state index >= 15 is 0 Å². The molecule has 0 aromatic carbocycles. The smallest absolute Gasteiger partial charge is 0.307 e. The maximum absolute atomic E-state index is 12.9. The average molecular weight is 264 g/mol. The van der Waals surface area contributed by atoms with E-state index in [-0.39, 0.29) is 34.7 Å². The van der Waals surface area contributed by atoms with Gasteiger partial charge in [-0.3, -0.25) is 14.4 Å². The number of carboxylic acid groups (broad SMARTS) is 1. The van der Waals surface area contributed by atoms with Crippen LogP contribution in [-0.2, 0) is 14.4 Å². The average Bonchev–Trinajstić information content (AvgIpc) is 2.69. The Morgan fingerprint density at radius 2 is 2.00 bits per heavy atom. The molecule has 3 saturated carbocycles. The minimum Gasteiger partial charge on any atom is -0.481 e. The fourth-order valence-corrected chi connectivity index (χ4v) is 5.41. The number of rotatable bonds is 2. The molecule has 0 radical (unpaired) electrons.